The topological polar surface area (TPSA) is 72.5 Å². The van der Waals surface area contributed by atoms with Crippen molar-refractivity contribution in [1.29, 1.82) is 0 Å². The SMILES string of the molecule is O=C(N1CC(O)C1)N1CC(c2ccc(C(F)(F)F)cc2)CC(c2cc(-c3cccc(Cl)c3)n[nH]2)C1. The Morgan fingerprint density at radius 2 is 1.69 bits per heavy atom. The van der Waals surface area contributed by atoms with E-state index in [4.69, 9.17) is 11.6 Å². The van der Waals surface area contributed by atoms with Crippen LogP contribution in [0, 0.1) is 0 Å². The quantitative estimate of drug-likeness (QED) is 0.520. The van der Waals surface area contributed by atoms with Gasteiger partial charge in [-0.3, -0.25) is 5.10 Å². The molecule has 2 N–H and O–H groups in total. The van der Waals surface area contributed by atoms with Gasteiger partial charge >= 0.3 is 12.2 Å². The highest BCUT2D eigenvalue weighted by atomic mass is 35.5. The number of aliphatic hydroxyl groups excluding tert-OH is 1. The number of nitrogens with one attached hydrogen (secondary N) is 1. The van der Waals surface area contributed by atoms with Crippen molar-refractivity contribution in [3.05, 3.63) is 76.4 Å². The fourth-order valence-electron chi connectivity index (χ4n) is 4.82. The van der Waals surface area contributed by atoms with E-state index in [0.717, 1.165) is 34.6 Å². The fourth-order valence-corrected chi connectivity index (χ4v) is 5.01. The highest BCUT2D eigenvalue weighted by molar-refractivity contribution is 6.30. The first-order valence-corrected chi connectivity index (χ1v) is 11.8. The number of hydrogen-bond acceptors (Lipinski definition) is 3. The van der Waals surface area contributed by atoms with Crippen LogP contribution in [-0.4, -0.2) is 63.4 Å². The molecule has 5 rings (SSSR count). The molecule has 3 heterocycles. The number of H-pyrrole nitrogens is 1. The number of nitrogens with zero attached hydrogens (tertiary/aromatic N) is 3. The number of likely N-dealkylation sites (tertiary alicyclic amines) is 2. The van der Waals surface area contributed by atoms with Gasteiger partial charge in [-0.2, -0.15) is 18.3 Å². The van der Waals surface area contributed by atoms with E-state index in [9.17, 15) is 23.1 Å². The average Bonchev–Trinajstić information content (AvgIpc) is 3.31. The summed E-state index contributed by atoms with van der Waals surface area (Å²) in [6.45, 7) is 1.41. The van der Waals surface area contributed by atoms with Crippen LogP contribution in [-0.2, 0) is 6.18 Å². The third-order valence-electron chi connectivity index (χ3n) is 6.72. The number of halogens is 4. The van der Waals surface area contributed by atoms with Crippen LogP contribution in [0.15, 0.2) is 54.6 Å². The molecule has 0 bridgehead atoms. The highest BCUT2D eigenvalue weighted by Crippen LogP contribution is 2.38. The number of alkyl halides is 3. The predicted molar refractivity (Wildman–Crippen MR) is 125 cm³/mol. The number of β-amino-alcohol motifs (C(OH)–C–C–N with tert-alkyl or cyclic N) is 1. The first-order chi connectivity index (χ1) is 16.7. The van der Waals surface area contributed by atoms with Crippen LogP contribution < -0.4 is 0 Å². The summed E-state index contributed by atoms with van der Waals surface area (Å²) in [5.74, 6) is -0.240. The lowest BCUT2D eigenvalue weighted by Crippen LogP contribution is -2.59. The molecule has 0 aliphatic carbocycles. The molecule has 2 unspecified atom stereocenters. The molecular formula is C25H24ClF3N4O2. The molecule has 35 heavy (non-hydrogen) atoms. The summed E-state index contributed by atoms with van der Waals surface area (Å²) in [6.07, 6.45) is -4.27. The molecule has 2 aliphatic heterocycles. The minimum absolute atomic E-state index is 0.0911. The normalized spacial score (nSPS) is 21.2. The van der Waals surface area contributed by atoms with Crippen LogP contribution in [0.2, 0.25) is 5.02 Å². The maximum absolute atomic E-state index is 13.1. The number of carbonyl (C=O) groups is 1. The highest BCUT2D eigenvalue weighted by Gasteiger charge is 2.38. The molecule has 184 valence electrons. The van der Waals surface area contributed by atoms with Crippen molar-refractivity contribution in [2.75, 3.05) is 26.2 Å². The number of piperidine rings is 1. The second-order valence-electron chi connectivity index (χ2n) is 9.21. The molecule has 2 fully saturated rings. The van der Waals surface area contributed by atoms with Gasteiger partial charge in [0.15, 0.2) is 0 Å². The predicted octanol–water partition coefficient (Wildman–Crippen LogP) is 5.12. The van der Waals surface area contributed by atoms with Gasteiger partial charge in [0, 0.05) is 41.2 Å². The number of aromatic nitrogens is 2. The zero-order valence-electron chi connectivity index (χ0n) is 18.7. The summed E-state index contributed by atoms with van der Waals surface area (Å²) < 4.78 is 39.1. The second kappa shape index (κ2) is 9.20. The van der Waals surface area contributed by atoms with Crippen LogP contribution in [0.3, 0.4) is 0 Å². The molecular weight excluding hydrogens is 481 g/mol. The van der Waals surface area contributed by atoms with Gasteiger partial charge in [0.2, 0.25) is 0 Å². The van der Waals surface area contributed by atoms with Crippen molar-refractivity contribution in [2.24, 2.45) is 0 Å². The largest absolute Gasteiger partial charge is 0.416 e. The molecule has 2 atom stereocenters. The van der Waals surface area contributed by atoms with Crippen molar-refractivity contribution in [2.45, 2.75) is 30.5 Å². The Kier molecular flexibility index (Phi) is 6.23. The van der Waals surface area contributed by atoms with E-state index in [0.29, 0.717) is 24.5 Å². The van der Waals surface area contributed by atoms with Crippen LogP contribution >= 0.6 is 11.6 Å². The summed E-state index contributed by atoms with van der Waals surface area (Å²) in [5, 5.41) is 17.7. The van der Waals surface area contributed by atoms with Crippen molar-refractivity contribution >= 4 is 17.6 Å². The Labute approximate surface area is 205 Å². The van der Waals surface area contributed by atoms with Gasteiger partial charge in [0.05, 0.1) is 30.5 Å². The zero-order chi connectivity index (χ0) is 24.7. The Morgan fingerprint density at radius 3 is 2.34 bits per heavy atom. The molecule has 1 aromatic heterocycles. The molecule has 0 radical (unpaired) electrons. The molecule has 2 aliphatic rings. The summed E-state index contributed by atoms with van der Waals surface area (Å²) in [5.41, 5.74) is 2.48. The van der Waals surface area contributed by atoms with Crippen LogP contribution in [0.4, 0.5) is 18.0 Å². The third kappa shape index (κ3) is 5.01. The van der Waals surface area contributed by atoms with Crippen LogP contribution in [0.25, 0.3) is 11.3 Å². The molecule has 10 heteroatoms. The number of carbonyl (C=O) groups excluding carboxylic acids is 1. The monoisotopic (exact) mass is 504 g/mol. The van der Waals surface area contributed by atoms with E-state index in [-0.39, 0.29) is 31.0 Å². The number of amides is 2. The molecule has 3 aromatic rings. The van der Waals surface area contributed by atoms with Gasteiger partial charge in [-0.1, -0.05) is 35.9 Å². The van der Waals surface area contributed by atoms with Gasteiger partial charge in [0.25, 0.3) is 0 Å². The van der Waals surface area contributed by atoms with E-state index >= 15 is 0 Å². The van der Waals surface area contributed by atoms with E-state index in [1.54, 1.807) is 15.9 Å². The Hall–Kier alpha value is -3.04. The van der Waals surface area contributed by atoms with Crippen molar-refractivity contribution in [3.8, 4) is 11.3 Å². The Morgan fingerprint density at radius 1 is 1.00 bits per heavy atom. The van der Waals surface area contributed by atoms with Gasteiger partial charge < -0.3 is 14.9 Å². The molecule has 6 nitrogen and oxygen atoms in total. The van der Waals surface area contributed by atoms with E-state index in [2.05, 4.69) is 10.2 Å². The number of aliphatic hydroxyl groups is 1. The first kappa shape index (κ1) is 23.7. The lowest BCUT2D eigenvalue weighted by molar-refractivity contribution is -0.137. The number of hydrogen-bond donors (Lipinski definition) is 2. The second-order valence-corrected chi connectivity index (χ2v) is 9.65. The Balaban J connectivity index is 1.41. The molecule has 0 spiro atoms. The summed E-state index contributed by atoms with van der Waals surface area (Å²) in [4.78, 5) is 16.4. The maximum atomic E-state index is 13.1. The number of aromatic amines is 1. The van der Waals surface area contributed by atoms with Gasteiger partial charge in [0.1, 0.15) is 0 Å². The Bertz CT molecular complexity index is 1210. The molecule has 0 saturated carbocycles. The number of benzene rings is 2. The summed E-state index contributed by atoms with van der Waals surface area (Å²) in [7, 11) is 0. The minimum atomic E-state index is -4.40. The number of rotatable bonds is 3. The van der Waals surface area contributed by atoms with Crippen molar-refractivity contribution in [1.82, 2.24) is 20.0 Å². The molecule has 2 amide bonds. The lowest BCUT2D eigenvalue weighted by atomic mass is 9.82. The molecule has 2 aromatic carbocycles. The number of urea groups is 1. The lowest BCUT2D eigenvalue weighted by Gasteiger charge is -2.44. The molecule has 2 saturated heterocycles. The van der Waals surface area contributed by atoms with Crippen molar-refractivity contribution in [3.63, 3.8) is 0 Å². The van der Waals surface area contributed by atoms with Gasteiger partial charge in [-0.05, 0) is 42.3 Å². The van der Waals surface area contributed by atoms with Crippen LogP contribution in [0.5, 0.6) is 0 Å². The summed E-state index contributed by atoms with van der Waals surface area (Å²) in [6, 6.07) is 14.3. The van der Waals surface area contributed by atoms with Gasteiger partial charge in [-0.15, -0.1) is 0 Å². The zero-order valence-corrected chi connectivity index (χ0v) is 19.4. The van der Waals surface area contributed by atoms with Crippen molar-refractivity contribution < 1.29 is 23.1 Å². The van der Waals surface area contributed by atoms with E-state index in [1.807, 2.05) is 24.3 Å². The smallest absolute Gasteiger partial charge is 0.389 e. The van der Waals surface area contributed by atoms with E-state index < -0.39 is 17.8 Å². The minimum Gasteiger partial charge on any atom is -0.389 e. The van der Waals surface area contributed by atoms with E-state index in [1.165, 1.54) is 12.1 Å². The van der Waals surface area contributed by atoms with Gasteiger partial charge in [-0.25, -0.2) is 4.79 Å². The maximum Gasteiger partial charge on any atom is 0.416 e. The van der Waals surface area contributed by atoms with Crippen LogP contribution in [0.1, 0.15) is 35.1 Å². The average molecular weight is 505 g/mol. The first-order valence-electron chi connectivity index (χ1n) is 11.4. The third-order valence-corrected chi connectivity index (χ3v) is 6.96. The standard InChI is InChI=1S/C25H24ClF3N4O2/c26-20-3-1-2-16(9-20)22-10-23(31-30-22)18-8-17(15-4-6-19(7-5-15)25(27,28)29)11-32(12-18)24(35)33-13-21(34)14-33/h1-7,9-10,17-18,21,34H,8,11-14H2,(H,30,31). The fraction of sp³-hybridized carbons (Fsp3) is 0.360. The summed E-state index contributed by atoms with van der Waals surface area (Å²) >= 11 is 6.11.